The van der Waals surface area contributed by atoms with Gasteiger partial charge >= 0.3 is 0 Å². The highest BCUT2D eigenvalue weighted by atomic mass is 16.5. The Bertz CT molecular complexity index is 377. The van der Waals surface area contributed by atoms with Crippen molar-refractivity contribution in [2.75, 3.05) is 13.7 Å². The SMILES string of the molecule is COCC(C)(C)NC(=O)CC(N)c1ccccc1. The molecule has 0 aliphatic carbocycles. The van der Waals surface area contributed by atoms with Gasteiger partial charge in [-0.3, -0.25) is 4.79 Å². The first-order valence-electron chi connectivity index (χ1n) is 6.05. The lowest BCUT2D eigenvalue weighted by Gasteiger charge is -2.26. The van der Waals surface area contributed by atoms with E-state index in [4.69, 9.17) is 10.5 Å². The summed E-state index contributed by atoms with van der Waals surface area (Å²) < 4.78 is 5.05. The summed E-state index contributed by atoms with van der Waals surface area (Å²) in [6, 6.07) is 9.35. The first-order valence-corrected chi connectivity index (χ1v) is 6.05. The van der Waals surface area contributed by atoms with E-state index in [1.807, 2.05) is 44.2 Å². The van der Waals surface area contributed by atoms with Gasteiger partial charge in [0.15, 0.2) is 0 Å². The monoisotopic (exact) mass is 250 g/mol. The fraction of sp³-hybridized carbons (Fsp3) is 0.500. The third-order valence-corrected chi connectivity index (χ3v) is 2.62. The van der Waals surface area contributed by atoms with Gasteiger partial charge in [0.25, 0.3) is 0 Å². The first-order chi connectivity index (χ1) is 8.44. The van der Waals surface area contributed by atoms with Gasteiger partial charge in [-0.2, -0.15) is 0 Å². The Labute approximate surface area is 109 Å². The molecule has 0 saturated heterocycles. The van der Waals surface area contributed by atoms with Crippen molar-refractivity contribution in [1.29, 1.82) is 0 Å². The first kappa shape index (κ1) is 14.7. The summed E-state index contributed by atoms with van der Waals surface area (Å²) in [5, 5.41) is 2.91. The zero-order chi connectivity index (χ0) is 13.6. The quantitative estimate of drug-likeness (QED) is 0.806. The van der Waals surface area contributed by atoms with E-state index in [9.17, 15) is 4.79 Å². The number of rotatable bonds is 6. The Balaban J connectivity index is 2.50. The van der Waals surface area contributed by atoms with Crippen LogP contribution in [0, 0.1) is 0 Å². The van der Waals surface area contributed by atoms with E-state index >= 15 is 0 Å². The second-order valence-electron chi connectivity index (χ2n) is 5.09. The molecule has 100 valence electrons. The third-order valence-electron chi connectivity index (χ3n) is 2.62. The smallest absolute Gasteiger partial charge is 0.222 e. The van der Waals surface area contributed by atoms with Crippen LogP contribution in [0.5, 0.6) is 0 Å². The highest BCUT2D eigenvalue weighted by Gasteiger charge is 2.21. The number of carbonyl (C=O) groups excluding carboxylic acids is 1. The van der Waals surface area contributed by atoms with Crippen LogP contribution in [-0.2, 0) is 9.53 Å². The number of nitrogens with two attached hydrogens (primary N) is 1. The Hall–Kier alpha value is -1.39. The number of amides is 1. The zero-order valence-corrected chi connectivity index (χ0v) is 11.3. The molecule has 1 rings (SSSR count). The molecular formula is C14H22N2O2. The predicted octanol–water partition coefficient (Wildman–Crippen LogP) is 1.62. The molecule has 1 aromatic carbocycles. The van der Waals surface area contributed by atoms with Crippen molar-refractivity contribution in [2.45, 2.75) is 31.8 Å². The van der Waals surface area contributed by atoms with Gasteiger partial charge in [-0.15, -0.1) is 0 Å². The standard InChI is InChI=1S/C14H22N2O2/c1-14(2,10-18-3)16-13(17)9-12(15)11-7-5-4-6-8-11/h4-8,12H,9-10,15H2,1-3H3,(H,16,17). The third kappa shape index (κ3) is 4.85. The number of benzene rings is 1. The van der Waals surface area contributed by atoms with Crippen molar-refractivity contribution in [3.05, 3.63) is 35.9 Å². The van der Waals surface area contributed by atoms with Crippen LogP contribution in [0.2, 0.25) is 0 Å². The van der Waals surface area contributed by atoms with Crippen molar-refractivity contribution < 1.29 is 9.53 Å². The van der Waals surface area contributed by atoms with E-state index in [2.05, 4.69) is 5.32 Å². The average Bonchev–Trinajstić information content (AvgIpc) is 2.28. The molecular weight excluding hydrogens is 228 g/mol. The molecule has 1 aromatic rings. The summed E-state index contributed by atoms with van der Waals surface area (Å²) >= 11 is 0. The van der Waals surface area contributed by atoms with Gasteiger partial charge in [0.1, 0.15) is 0 Å². The Morgan fingerprint density at radius 1 is 1.39 bits per heavy atom. The molecule has 1 unspecified atom stereocenters. The van der Waals surface area contributed by atoms with Gasteiger partial charge < -0.3 is 15.8 Å². The lowest BCUT2D eigenvalue weighted by molar-refractivity contribution is -0.123. The minimum atomic E-state index is -0.373. The van der Waals surface area contributed by atoms with Crippen LogP contribution in [0.15, 0.2) is 30.3 Å². The van der Waals surface area contributed by atoms with E-state index in [1.165, 1.54) is 0 Å². The summed E-state index contributed by atoms with van der Waals surface area (Å²) in [5.74, 6) is -0.0617. The van der Waals surface area contributed by atoms with Crippen LogP contribution in [0.25, 0.3) is 0 Å². The van der Waals surface area contributed by atoms with Crippen LogP contribution in [0.3, 0.4) is 0 Å². The lowest BCUT2D eigenvalue weighted by Crippen LogP contribution is -2.47. The molecule has 1 amide bonds. The van der Waals surface area contributed by atoms with E-state index in [0.717, 1.165) is 5.56 Å². The summed E-state index contributed by atoms with van der Waals surface area (Å²) in [6.45, 7) is 4.31. The molecule has 0 aliphatic rings. The van der Waals surface area contributed by atoms with Crippen molar-refractivity contribution in [3.63, 3.8) is 0 Å². The number of methoxy groups -OCH3 is 1. The van der Waals surface area contributed by atoms with Gasteiger partial charge in [-0.05, 0) is 19.4 Å². The molecule has 3 N–H and O–H groups in total. The van der Waals surface area contributed by atoms with Crippen LogP contribution in [-0.4, -0.2) is 25.2 Å². The van der Waals surface area contributed by atoms with Crippen molar-refractivity contribution in [3.8, 4) is 0 Å². The summed E-state index contributed by atoms with van der Waals surface area (Å²) in [7, 11) is 1.61. The fourth-order valence-corrected chi connectivity index (χ4v) is 1.84. The fourth-order valence-electron chi connectivity index (χ4n) is 1.84. The van der Waals surface area contributed by atoms with Gasteiger partial charge in [-0.1, -0.05) is 30.3 Å². The highest BCUT2D eigenvalue weighted by Crippen LogP contribution is 2.14. The highest BCUT2D eigenvalue weighted by molar-refractivity contribution is 5.77. The van der Waals surface area contributed by atoms with Crippen LogP contribution in [0.1, 0.15) is 31.9 Å². The predicted molar refractivity (Wildman–Crippen MR) is 72.1 cm³/mol. The van der Waals surface area contributed by atoms with Crippen LogP contribution in [0.4, 0.5) is 0 Å². The zero-order valence-electron chi connectivity index (χ0n) is 11.3. The second kappa shape index (κ2) is 6.52. The minimum Gasteiger partial charge on any atom is -0.382 e. The molecule has 0 radical (unpaired) electrons. The van der Waals surface area contributed by atoms with E-state index in [0.29, 0.717) is 6.61 Å². The molecule has 0 saturated carbocycles. The van der Waals surface area contributed by atoms with Crippen molar-refractivity contribution >= 4 is 5.91 Å². The van der Waals surface area contributed by atoms with Crippen LogP contribution < -0.4 is 11.1 Å². The molecule has 18 heavy (non-hydrogen) atoms. The molecule has 1 atom stereocenters. The van der Waals surface area contributed by atoms with Gasteiger partial charge in [0.05, 0.1) is 12.1 Å². The molecule has 0 aliphatic heterocycles. The Morgan fingerprint density at radius 3 is 2.56 bits per heavy atom. The molecule has 0 bridgehead atoms. The van der Waals surface area contributed by atoms with Crippen LogP contribution >= 0.6 is 0 Å². The number of hydrogen-bond acceptors (Lipinski definition) is 3. The number of hydrogen-bond donors (Lipinski definition) is 2. The summed E-state index contributed by atoms with van der Waals surface area (Å²) in [6.07, 6.45) is 0.275. The van der Waals surface area contributed by atoms with Crippen molar-refractivity contribution in [1.82, 2.24) is 5.32 Å². The van der Waals surface area contributed by atoms with Gasteiger partial charge in [0.2, 0.25) is 5.91 Å². The molecule has 0 aromatic heterocycles. The molecule has 0 spiro atoms. The molecule has 4 heteroatoms. The Morgan fingerprint density at radius 2 is 2.00 bits per heavy atom. The Kier molecular flexibility index (Phi) is 5.31. The lowest BCUT2D eigenvalue weighted by atomic mass is 10.0. The summed E-state index contributed by atoms with van der Waals surface area (Å²) in [4.78, 5) is 11.9. The largest absolute Gasteiger partial charge is 0.382 e. The number of carbonyl (C=O) groups is 1. The maximum atomic E-state index is 11.9. The maximum Gasteiger partial charge on any atom is 0.222 e. The van der Waals surface area contributed by atoms with E-state index in [1.54, 1.807) is 7.11 Å². The topological polar surface area (TPSA) is 64.3 Å². The summed E-state index contributed by atoms with van der Waals surface area (Å²) in [5.41, 5.74) is 6.59. The van der Waals surface area contributed by atoms with Crippen molar-refractivity contribution in [2.24, 2.45) is 5.73 Å². The van der Waals surface area contributed by atoms with E-state index < -0.39 is 0 Å². The number of nitrogens with one attached hydrogen (secondary N) is 1. The minimum absolute atomic E-state index is 0.0617. The van der Waals surface area contributed by atoms with Gasteiger partial charge in [-0.25, -0.2) is 0 Å². The second-order valence-corrected chi connectivity index (χ2v) is 5.09. The van der Waals surface area contributed by atoms with Gasteiger partial charge in [0, 0.05) is 19.6 Å². The van der Waals surface area contributed by atoms with E-state index in [-0.39, 0.29) is 23.9 Å². The molecule has 4 nitrogen and oxygen atoms in total. The maximum absolute atomic E-state index is 11.9. The normalized spacial score (nSPS) is 13.1. The average molecular weight is 250 g/mol. The number of ether oxygens (including phenoxy) is 1. The molecule has 0 fully saturated rings. The molecule has 0 heterocycles.